The fourth-order valence-electron chi connectivity index (χ4n) is 0.710. The summed E-state index contributed by atoms with van der Waals surface area (Å²) >= 11 is 0. The SMILES string of the molecule is O=Cc1ccnc(OC(F)(F)F)c1F. The zero-order chi connectivity index (χ0) is 10.8. The average molecular weight is 209 g/mol. The lowest BCUT2D eigenvalue weighted by atomic mass is 10.3. The molecule has 76 valence electrons. The first-order chi connectivity index (χ1) is 6.44. The van der Waals surface area contributed by atoms with E-state index in [9.17, 15) is 22.4 Å². The van der Waals surface area contributed by atoms with Crippen LogP contribution in [-0.2, 0) is 0 Å². The molecule has 0 saturated carbocycles. The van der Waals surface area contributed by atoms with E-state index in [-0.39, 0.29) is 6.29 Å². The lowest BCUT2D eigenvalue weighted by molar-refractivity contribution is -0.277. The van der Waals surface area contributed by atoms with Gasteiger partial charge in [-0.2, -0.15) is 0 Å². The summed E-state index contributed by atoms with van der Waals surface area (Å²) in [6, 6.07) is 0.936. The number of hydrogen-bond donors (Lipinski definition) is 0. The Hall–Kier alpha value is -1.66. The highest BCUT2D eigenvalue weighted by molar-refractivity contribution is 5.75. The Morgan fingerprint density at radius 2 is 2.07 bits per heavy atom. The average Bonchev–Trinajstić information content (AvgIpc) is 2.06. The van der Waals surface area contributed by atoms with Crippen LogP contribution < -0.4 is 4.74 Å². The third kappa shape index (κ3) is 2.41. The van der Waals surface area contributed by atoms with Gasteiger partial charge in [0.05, 0.1) is 5.56 Å². The van der Waals surface area contributed by atoms with Crippen LogP contribution in [0.1, 0.15) is 10.4 Å². The van der Waals surface area contributed by atoms with Gasteiger partial charge in [-0.1, -0.05) is 0 Å². The molecule has 0 spiro atoms. The molecule has 0 aliphatic rings. The zero-order valence-electron chi connectivity index (χ0n) is 6.51. The van der Waals surface area contributed by atoms with Gasteiger partial charge in [0, 0.05) is 6.20 Å². The molecule has 0 unspecified atom stereocenters. The molecule has 1 aromatic heterocycles. The monoisotopic (exact) mass is 209 g/mol. The predicted octanol–water partition coefficient (Wildman–Crippen LogP) is 1.93. The lowest BCUT2D eigenvalue weighted by Crippen LogP contribution is -2.19. The summed E-state index contributed by atoms with van der Waals surface area (Å²) in [4.78, 5) is 13.1. The largest absolute Gasteiger partial charge is 0.574 e. The summed E-state index contributed by atoms with van der Waals surface area (Å²) in [6.07, 6.45) is -4.12. The number of carbonyl (C=O) groups is 1. The predicted molar refractivity (Wildman–Crippen MR) is 36.3 cm³/mol. The van der Waals surface area contributed by atoms with E-state index in [2.05, 4.69) is 9.72 Å². The third-order valence-corrected chi connectivity index (χ3v) is 1.23. The van der Waals surface area contributed by atoms with Gasteiger partial charge >= 0.3 is 6.36 Å². The summed E-state index contributed by atoms with van der Waals surface area (Å²) in [6.45, 7) is 0. The molecular formula is C7H3F4NO2. The molecule has 1 heterocycles. The molecule has 0 amide bonds. The molecule has 1 rings (SSSR count). The van der Waals surface area contributed by atoms with Crippen molar-refractivity contribution in [3.8, 4) is 5.88 Å². The Kier molecular flexibility index (Phi) is 2.68. The molecule has 14 heavy (non-hydrogen) atoms. The molecule has 7 heteroatoms. The number of alkyl halides is 3. The number of halogens is 4. The smallest absolute Gasteiger partial charge is 0.385 e. The van der Waals surface area contributed by atoms with Crippen LogP contribution in [0, 0.1) is 5.82 Å². The van der Waals surface area contributed by atoms with Crippen molar-refractivity contribution in [2.45, 2.75) is 6.36 Å². The molecule has 0 radical (unpaired) electrons. The second kappa shape index (κ2) is 3.60. The first kappa shape index (κ1) is 10.4. The maximum Gasteiger partial charge on any atom is 0.574 e. The Balaban J connectivity index is 3.04. The molecule has 0 aromatic carbocycles. The normalized spacial score (nSPS) is 11.1. The van der Waals surface area contributed by atoms with Crippen LogP contribution in [0.15, 0.2) is 12.3 Å². The first-order valence-electron chi connectivity index (χ1n) is 3.29. The number of hydrogen-bond acceptors (Lipinski definition) is 3. The van der Waals surface area contributed by atoms with E-state index in [1.54, 1.807) is 0 Å². The molecule has 3 nitrogen and oxygen atoms in total. The summed E-state index contributed by atoms with van der Waals surface area (Å²) in [5.41, 5.74) is -0.542. The van der Waals surface area contributed by atoms with Gasteiger partial charge in [-0.15, -0.1) is 13.2 Å². The Morgan fingerprint density at radius 1 is 1.43 bits per heavy atom. The summed E-state index contributed by atoms with van der Waals surface area (Å²) in [7, 11) is 0. The van der Waals surface area contributed by atoms with Gasteiger partial charge in [-0.3, -0.25) is 4.79 Å². The molecule has 1 aromatic rings. The summed E-state index contributed by atoms with van der Waals surface area (Å²) in [5, 5.41) is 0. The highest BCUT2D eigenvalue weighted by Gasteiger charge is 2.33. The van der Waals surface area contributed by atoms with E-state index in [0.717, 1.165) is 12.3 Å². The highest BCUT2D eigenvalue weighted by atomic mass is 19.4. The molecule has 0 saturated heterocycles. The molecular weight excluding hydrogens is 206 g/mol. The van der Waals surface area contributed by atoms with Crippen molar-refractivity contribution in [3.63, 3.8) is 0 Å². The van der Waals surface area contributed by atoms with Crippen LogP contribution in [0.25, 0.3) is 0 Å². The third-order valence-electron chi connectivity index (χ3n) is 1.23. The number of rotatable bonds is 2. The summed E-state index contributed by atoms with van der Waals surface area (Å²) in [5.74, 6) is -2.69. The minimum absolute atomic E-state index is 0.0697. The molecule has 0 atom stereocenters. The number of ether oxygens (including phenoxy) is 1. The van der Waals surface area contributed by atoms with Gasteiger partial charge in [0.15, 0.2) is 12.1 Å². The van der Waals surface area contributed by atoms with Crippen LogP contribution in [-0.4, -0.2) is 17.6 Å². The first-order valence-corrected chi connectivity index (χ1v) is 3.29. The van der Waals surface area contributed by atoms with Crippen LogP contribution in [0.3, 0.4) is 0 Å². The Morgan fingerprint density at radius 3 is 2.57 bits per heavy atom. The van der Waals surface area contributed by atoms with Gasteiger partial charge < -0.3 is 4.74 Å². The minimum Gasteiger partial charge on any atom is -0.385 e. The van der Waals surface area contributed by atoms with Crippen molar-refractivity contribution in [1.29, 1.82) is 0 Å². The van der Waals surface area contributed by atoms with Gasteiger partial charge in [-0.05, 0) is 6.07 Å². The number of carbonyl (C=O) groups excluding carboxylic acids is 1. The molecule has 0 bridgehead atoms. The van der Waals surface area contributed by atoms with Crippen molar-refractivity contribution in [1.82, 2.24) is 4.98 Å². The van der Waals surface area contributed by atoms with Crippen LogP contribution in [0.2, 0.25) is 0 Å². The molecule has 0 fully saturated rings. The summed E-state index contributed by atoms with van der Waals surface area (Å²) < 4.78 is 51.0. The van der Waals surface area contributed by atoms with E-state index in [1.165, 1.54) is 0 Å². The maximum absolute atomic E-state index is 12.9. The second-order valence-corrected chi connectivity index (χ2v) is 2.18. The quantitative estimate of drug-likeness (QED) is 0.551. The van der Waals surface area contributed by atoms with Gasteiger partial charge in [0.25, 0.3) is 5.88 Å². The van der Waals surface area contributed by atoms with Crippen molar-refractivity contribution < 1.29 is 27.1 Å². The fraction of sp³-hybridized carbons (Fsp3) is 0.143. The van der Waals surface area contributed by atoms with Crippen molar-refractivity contribution in [2.24, 2.45) is 0 Å². The zero-order valence-corrected chi connectivity index (χ0v) is 6.51. The Bertz CT molecular complexity index is 350. The van der Waals surface area contributed by atoms with E-state index in [0.29, 0.717) is 0 Å². The van der Waals surface area contributed by atoms with Crippen LogP contribution in [0.5, 0.6) is 5.88 Å². The molecule has 0 aliphatic heterocycles. The van der Waals surface area contributed by atoms with E-state index >= 15 is 0 Å². The van der Waals surface area contributed by atoms with Crippen molar-refractivity contribution in [3.05, 3.63) is 23.6 Å². The van der Waals surface area contributed by atoms with E-state index in [4.69, 9.17) is 0 Å². The van der Waals surface area contributed by atoms with Gasteiger partial charge in [-0.25, -0.2) is 9.37 Å². The topological polar surface area (TPSA) is 39.2 Å². The van der Waals surface area contributed by atoms with E-state index < -0.39 is 23.6 Å². The maximum atomic E-state index is 12.9. The van der Waals surface area contributed by atoms with E-state index in [1.807, 2.05) is 0 Å². The lowest BCUT2D eigenvalue weighted by Gasteiger charge is -2.08. The number of nitrogens with zero attached hydrogens (tertiary/aromatic N) is 1. The molecule has 0 N–H and O–H groups in total. The number of aromatic nitrogens is 1. The second-order valence-electron chi connectivity index (χ2n) is 2.18. The number of pyridine rings is 1. The highest BCUT2D eigenvalue weighted by Crippen LogP contribution is 2.24. The standard InChI is InChI=1S/C7H3F4NO2/c8-5-4(3-13)1-2-12-6(5)14-7(9,10)11/h1-3H. The Labute approximate surface area is 75.3 Å². The fourth-order valence-corrected chi connectivity index (χ4v) is 0.710. The van der Waals surface area contributed by atoms with Crippen LogP contribution >= 0.6 is 0 Å². The van der Waals surface area contributed by atoms with Gasteiger partial charge in [0.1, 0.15) is 0 Å². The van der Waals surface area contributed by atoms with Gasteiger partial charge in [0.2, 0.25) is 0 Å². The molecule has 0 aliphatic carbocycles. The van der Waals surface area contributed by atoms with Crippen molar-refractivity contribution >= 4 is 6.29 Å². The van der Waals surface area contributed by atoms with Crippen LogP contribution in [0.4, 0.5) is 17.6 Å². The number of aldehydes is 1. The minimum atomic E-state index is -5.03. The van der Waals surface area contributed by atoms with Crippen molar-refractivity contribution in [2.75, 3.05) is 0 Å².